The third kappa shape index (κ3) is 3.13. The van der Waals surface area contributed by atoms with Crippen molar-refractivity contribution in [3.8, 4) is 0 Å². The molecule has 0 aromatic heterocycles. The summed E-state index contributed by atoms with van der Waals surface area (Å²) in [4.78, 5) is 24.2. The van der Waals surface area contributed by atoms with Gasteiger partial charge in [-0.25, -0.2) is 0 Å². The summed E-state index contributed by atoms with van der Waals surface area (Å²) in [6, 6.07) is 0. The SMILES string of the molecule is CCC1CCC(=O)N(CC(C)=O)CC1. The normalized spacial score (nSPS) is 23.4. The van der Waals surface area contributed by atoms with Gasteiger partial charge in [0.05, 0.1) is 6.54 Å². The lowest BCUT2D eigenvalue weighted by Gasteiger charge is -2.18. The summed E-state index contributed by atoms with van der Waals surface area (Å²) in [7, 11) is 0. The number of hydrogen-bond acceptors (Lipinski definition) is 2. The van der Waals surface area contributed by atoms with Crippen LogP contribution in [0.1, 0.15) is 39.5 Å². The zero-order valence-corrected chi connectivity index (χ0v) is 9.08. The monoisotopic (exact) mass is 197 g/mol. The highest BCUT2D eigenvalue weighted by atomic mass is 16.2. The van der Waals surface area contributed by atoms with Gasteiger partial charge in [0.1, 0.15) is 5.78 Å². The standard InChI is InChI=1S/C11H19NO2/c1-3-10-4-5-11(14)12(7-6-10)8-9(2)13/h10H,3-8H2,1-2H3. The molecule has 0 bridgehead atoms. The van der Waals surface area contributed by atoms with Crippen molar-refractivity contribution >= 4 is 11.7 Å². The molecule has 0 aromatic rings. The number of ketones is 1. The van der Waals surface area contributed by atoms with Crippen molar-refractivity contribution in [3.63, 3.8) is 0 Å². The maximum absolute atomic E-state index is 11.6. The van der Waals surface area contributed by atoms with Gasteiger partial charge >= 0.3 is 0 Å². The Kier molecular flexibility index (Phi) is 4.11. The van der Waals surface area contributed by atoms with Crippen LogP contribution in [0.2, 0.25) is 0 Å². The summed E-state index contributed by atoms with van der Waals surface area (Å²) in [5, 5.41) is 0. The molecule has 0 aromatic carbocycles. The topological polar surface area (TPSA) is 37.4 Å². The second-order valence-corrected chi connectivity index (χ2v) is 4.12. The number of hydrogen-bond donors (Lipinski definition) is 0. The fourth-order valence-corrected chi connectivity index (χ4v) is 1.94. The minimum Gasteiger partial charge on any atom is -0.335 e. The second-order valence-electron chi connectivity index (χ2n) is 4.12. The molecule has 80 valence electrons. The van der Waals surface area contributed by atoms with Crippen molar-refractivity contribution in [2.75, 3.05) is 13.1 Å². The van der Waals surface area contributed by atoms with E-state index < -0.39 is 0 Å². The first-order valence-electron chi connectivity index (χ1n) is 5.40. The maximum atomic E-state index is 11.6. The molecule has 0 radical (unpaired) electrons. The van der Waals surface area contributed by atoms with Crippen LogP contribution in [-0.2, 0) is 9.59 Å². The van der Waals surface area contributed by atoms with Crippen LogP contribution in [0.5, 0.6) is 0 Å². The summed E-state index contributed by atoms with van der Waals surface area (Å²) < 4.78 is 0. The lowest BCUT2D eigenvalue weighted by molar-refractivity contribution is -0.134. The lowest BCUT2D eigenvalue weighted by atomic mass is 9.98. The predicted molar refractivity (Wildman–Crippen MR) is 54.9 cm³/mol. The summed E-state index contributed by atoms with van der Waals surface area (Å²) in [5.41, 5.74) is 0. The van der Waals surface area contributed by atoms with Crippen molar-refractivity contribution in [3.05, 3.63) is 0 Å². The zero-order chi connectivity index (χ0) is 10.6. The van der Waals surface area contributed by atoms with Crippen molar-refractivity contribution in [1.29, 1.82) is 0 Å². The molecule has 1 fully saturated rings. The highest BCUT2D eigenvalue weighted by Gasteiger charge is 2.21. The van der Waals surface area contributed by atoms with Crippen LogP contribution in [-0.4, -0.2) is 29.7 Å². The Labute approximate surface area is 85.5 Å². The van der Waals surface area contributed by atoms with E-state index in [1.54, 1.807) is 4.90 Å². The van der Waals surface area contributed by atoms with E-state index >= 15 is 0 Å². The molecule has 1 heterocycles. The summed E-state index contributed by atoms with van der Waals surface area (Å²) in [6.07, 6.45) is 3.80. The van der Waals surface area contributed by atoms with Crippen molar-refractivity contribution < 1.29 is 9.59 Å². The third-order valence-corrected chi connectivity index (χ3v) is 2.92. The van der Waals surface area contributed by atoms with Crippen LogP contribution < -0.4 is 0 Å². The maximum Gasteiger partial charge on any atom is 0.222 e. The Morgan fingerprint density at radius 2 is 2.21 bits per heavy atom. The first-order chi connectivity index (χ1) is 6.63. The highest BCUT2D eigenvalue weighted by Crippen LogP contribution is 2.20. The van der Waals surface area contributed by atoms with Gasteiger partial charge in [-0.3, -0.25) is 9.59 Å². The number of nitrogens with zero attached hydrogens (tertiary/aromatic N) is 1. The van der Waals surface area contributed by atoms with Gasteiger partial charge in [0, 0.05) is 13.0 Å². The first kappa shape index (κ1) is 11.2. The van der Waals surface area contributed by atoms with Crippen LogP contribution in [0, 0.1) is 5.92 Å². The Hall–Kier alpha value is -0.860. The molecule has 0 N–H and O–H groups in total. The van der Waals surface area contributed by atoms with E-state index in [1.165, 1.54) is 6.92 Å². The lowest BCUT2D eigenvalue weighted by Crippen LogP contribution is -2.34. The molecule has 1 amide bonds. The molecular formula is C11H19NO2. The fraction of sp³-hybridized carbons (Fsp3) is 0.818. The number of carbonyl (C=O) groups is 2. The minimum absolute atomic E-state index is 0.0771. The first-order valence-corrected chi connectivity index (χ1v) is 5.40. The smallest absolute Gasteiger partial charge is 0.222 e. The van der Waals surface area contributed by atoms with Crippen LogP contribution in [0.15, 0.2) is 0 Å². The van der Waals surface area contributed by atoms with Gasteiger partial charge < -0.3 is 4.90 Å². The number of likely N-dealkylation sites (tertiary alicyclic amines) is 1. The Morgan fingerprint density at radius 3 is 2.79 bits per heavy atom. The second kappa shape index (κ2) is 5.13. The van der Waals surface area contributed by atoms with E-state index in [1.807, 2.05) is 0 Å². The minimum atomic E-state index is 0.0771. The van der Waals surface area contributed by atoms with Gasteiger partial charge in [0.15, 0.2) is 0 Å². The summed E-state index contributed by atoms with van der Waals surface area (Å²) in [5.74, 6) is 0.889. The van der Waals surface area contributed by atoms with Gasteiger partial charge in [0.25, 0.3) is 0 Å². The fourth-order valence-electron chi connectivity index (χ4n) is 1.94. The average Bonchev–Trinajstić information content (AvgIpc) is 2.30. The largest absolute Gasteiger partial charge is 0.335 e. The van der Waals surface area contributed by atoms with E-state index in [0.29, 0.717) is 18.9 Å². The van der Waals surface area contributed by atoms with Crippen LogP contribution in [0.25, 0.3) is 0 Å². The molecule has 1 saturated heterocycles. The Bertz CT molecular complexity index is 225. The molecule has 3 heteroatoms. The molecule has 1 aliphatic heterocycles. The quantitative estimate of drug-likeness (QED) is 0.689. The van der Waals surface area contributed by atoms with Crippen molar-refractivity contribution in [2.24, 2.45) is 5.92 Å². The molecular weight excluding hydrogens is 178 g/mol. The molecule has 1 unspecified atom stereocenters. The van der Waals surface area contributed by atoms with Gasteiger partial charge in [-0.05, 0) is 25.7 Å². The van der Waals surface area contributed by atoms with Gasteiger partial charge in [-0.15, -0.1) is 0 Å². The third-order valence-electron chi connectivity index (χ3n) is 2.92. The molecule has 1 atom stereocenters. The number of Topliss-reactive ketones (excluding diaryl/α,β-unsaturated/α-hetero) is 1. The number of rotatable bonds is 3. The number of carbonyl (C=O) groups excluding carboxylic acids is 2. The summed E-state index contributed by atoms with van der Waals surface area (Å²) >= 11 is 0. The molecule has 0 aliphatic carbocycles. The number of amides is 1. The van der Waals surface area contributed by atoms with Crippen LogP contribution in [0.3, 0.4) is 0 Å². The van der Waals surface area contributed by atoms with Crippen LogP contribution in [0.4, 0.5) is 0 Å². The molecule has 3 nitrogen and oxygen atoms in total. The Morgan fingerprint density at radius 1 is 1.50 bits per heavy atom. The molecule has 0 spiro atoms. The van der Waals surface area contributed by atoms with E-state index in [0.717, 1.165) is 25.8 Å². The summed E-state index contributed by atoms with van der Waals surface area (Å²) in [6.45, 7) is 4.76. The predicted octanol–water partition coefficient (Wildman–Crippen LogP) is 1.61. The zero-order valence-electron chi connectivity index (χ0n) is 9.08. The molecule has 1 aliphatic rings. The molecule has 0 saturated carbocycles. The Balaban J connectivity index is 2.51. The van der Waals surface area contributed by atoms with E-state index in [9.17, 15) is 9.59 Å². The van der Waals surface area contributed by atoms with E-state index in [4.69, 9.17) is 0 Å². The van der Waals surface area contributed by atoms with Crippen LogP contribution >= 0.6 is 0 Å². The average molecular weight is 197 g/mol. The molecule has 14 heavy (non-hydrogen) atoms. The van der Waals surface area contributed by atoms with E-state index in [2.05, 4.69) is 6.92 Å². The van der Waals surface area contributed by atoms with Gasteiger partial charge in [-0.2, -0.15) is 0 Å². The van der Waals surface area contributed by atoms with E-state index in [-0.39, 0.29) is 11.7 Å². The molecule has 1 rings (SSSR count). The highest BCUT2D eigenvalue weighted by molar-refractivity contribution is 5.84. The van der Waals surface area contributed by atoms with Gasteiger partial charge in [-0.1, -0.05) is 13.3 Å². The van der Waals surface area contributed by atoms with Gasteiger partial charge in [0.2, 0.25) is 5.91 Å². The van der Waals surface area contributed by atoms with Crippen molar-refractivity contribution in [2.45, 2.75) is 39.5 Å². The van der Waals surface area contributed by atoms with Crippen molar-refractivity contribution in [1.82, 2.24) is 4.90 Å².